The zero-order valence-electron chi connectivity index (χ0n) is 13.9. The minimum atomic E-state index is 0.0674. The van der Waals surface area contributed by atoms with Crippen LogP contribution in [0.2, 0.25) is 0 Å². The summed E-state index contributed by atoms with van der Waals surface area (Å²) in [5.74, 6) is 0.0674. The number of rotatable bonds is 4. The molecule has 23 heavy (non-hydrogen) atoms. The Balaban J connectivity index is 1.65. The number of hydrogen-bond donors (Lipinski definition) is 1. The van der Waals surface area contributed by atoms with Gasteiger partial charge in [0.05, 0.1) is 6.54 Å². The first kappa shape index (κ1) is 15.8. The van der Waals surface area contributed by atoms with Gasteiger partial charge in [0.2, 0.25) is 5.91 Å². The zero-order valence-corrected chi connectivity index (χ0v) is 13.9. The minimum Gasteiger partial charge on any atom is -0.325 e. The van der Waals surface area contributed by atoms with Crippen LogP contribution in [-0.4, -0.2) is 23.9 Å². The molecule has 0 radical (unpaired) electrons. The first-order chi connectivity index (χ1) is 11.1. The van der Waals surface area contributed by atoms with Crippen LogP contribution in [0.5, 0.6) is 0 Å². The predicted molar refractivity (Wildman–Crippen MR) is 94.5 cm³/mol. The number of benzene rings is 2. The highest BCUT2D eigenvalue weighted by atomic mass is 16.2. The van der Waals surface area contributed by atoms with Gasteiger partial charge in [-0.15, -0.1) is 0 Å². The Bertz CT molecular complexity index is 661. The lowest BCUT2D eigenvalue weighted by Crippen LogP contribution is -2.32. The van der Waals surface area contributed by atoms with Crippen molar-refractivity contribution in [2.45, 2.75) is 32.7 Å². The molecule has 2 aromatic rings. The Morgan fingerprint density at radius 3 is 2.52 bits per heavy atom. The molecule has 3 heteroatoms. The number of carbonyl (C=O) groups is 1. The number of amides is 1. The molecular formula is C20H24N2O. The van der Waals surface area contributed by atoms with Gasteiger partial charge in [-0.05, 0) is 62.1 Å². The number of hydrogen-bond acceptors (Lipinski definition) is 2. The molecule has 1 heterocycles. The molecule has 1 N–H and O–H groups in total. The van der Waals surface area contributed by atoms with Crippen LogP contribution in [0.15, 0.2) is 48.5 Å². The fourth-order valence-corrected chi connectivity index (χ4v) is 3.50. The van der Waals surface area contributed by atoms with Gasteiger partial charge in [-0.25, -0.2) is 0 Å². The average Bonchev–Trinajstić information content (AvgIpc) is 2.95. The third-order valence-electron chi connectivity index (χ3n) is 4.40. The standard InChI is InChI=1S/C20H24N2O/c1-15-11-16(2)13-18(12-15)21-20(23)14-22-10-6-9-19(22)17-7-4-3-5-8-17/h3-5,7-8,11-13,19H,6,9-10,14H2,1-2H3,(H,21,23). The van der Waals surface area contributed by atoms with E-state index in [2.05, 4.69) is 54.4 Å². The van der Waals surface area contributed by atoms with Crippen molar-refractivity contribution in [3.05, 3.63) is 65.2 Å². The van der Waals surface area contributed by atoms with E-state index >= 15 is 0 Å². The molecule has 120 valence electrons. The Kier molecular flexibility index (Phi) is 4.77. The molecule has 1 saturated heterocycles. The van der Waals surface area contributed by atoms with Crippen LogP contribution in [0.4, 0.5) is 5.69 Å². The van der Waals surface area contributed by atoms with Crippen molar-refractivity contribution >= 4 is 11.6 Å². The van der Waals surface area contributed by atoms with E-state index in [0.717, 1.165) is 25.1 Å². The highest BCUT2D eigenvalue weighted by molar-refractivity contribution is 5.92. The molecular weight excluding hydrogens is 284 g/mol. The summed E-state index contributed by atoms with van der Waals surface area (Å²) in [4.78, 5) is 14.7. The van der Waals surface area contributed by atoms with Gasteiger partial charge in [-0.2, -0.15) is 0 Å². The minimum absolute atomic E-state index is 0.0674. The monoisotopic (exact) mass is 308 g/mol. The van der Waals surface area contributed by atoms with E-state index in [1.807, 2.05) is 18.2 Å². The van der Waals surface area contributed by atoms with Crippen molar-refractivity contribution in [3.63, 3.8) is 0 Å². The molecule has 2 aromatic carbocycles. The van der Waals surface area contributed by atoms with Crippen molar-refractivity contribution in [1.29, 1.82) is 0 Å². The third kappa shape index (κ3) is 3.99. The summed E-state index contributed by atoms with van der Waals surface area (Å²) in [6.45, 7) is 5.54. The van der Waals surface area contributed by atoms with E-state index in [1.54, 1.807) is 0 Å². The molecule has 1 atom stereocenters. The molecule has 0 bridgehead atoms. The van der Waals surface area contributed by atoms with Gasteiger partial charge in [-0.1, -0.05) is 36.4 Å². The highest BCUT2D eigenvalue weighted by Crippen LogP contribution is 2.31. The van der Waals surface area contributed by atoms with E-state index in [4.69, 9.17) is 0 Å². The second-order valence-corrected chi connectivity index (χ2v) is 6.46. The Hall–Kier alpha value is -2.13. The highest BCUT2D eigenvalue weighted by Gasteiger charge is 2.27. The van der Waals surface area contributed by atoms with Gasteiger partial charge in [0, 0.05) is 11.7 Å². The zero-order chi connectivity index (χ0) is 16.2. The van der Waals surface area contributed by atoms with Crippen LogP contribution in [0.1, 0.15) is 35.6 Å². The molecule has 0 spiro atoms. The lowest BCUT2D eigenvalue weighted by molar-refractivity contribution is -0.117. The number of aryl methyl sites for hydroxylation is 2. The Morgan fingerprint density at radius 1 is 1.13 bits per heavy atom. The molecule has 0 saturated carbocycles. The van der Waals surface area contributed by atoms with E-state index in [-0.39, 0.29) is 5.91 Å². The van der Waals surface area contributed by atoms with Gasteiger partial charge in [0.25, 0.3) is 0 Å². The number of anilines is 1. The second-order valence-electron chi connectivity index (χ2n) is 6.46. The third-order valence-corrected chi connectivity index (χ3v) is 4.40. The molecule has 3 rings (SSSR count). The SMILES string of the molecule is Cc1cc(C)cc(NC(=O)CN2CCCC2c2ccccc2)c1. The maximum absolute atomic E-state index is 12.4. The lowest BCUT2D eigenvalue weighted by atomic mass is 10.0. The number of nitrogens with zero attached hydrogens (tertiary/aromatic N) is 1. The quantitative estimate of drug-likeness (QED) is 0.923. The first-order valence-corrected chi connectivity index (χ1v) is 8.29. The van der Waals surface area contributed by atoms with E-state index < -0.39 is 0 Å². The van der Waals surface area contributed by atoms with Crippen LogP contribution in [-0.2, 0) is 4.79 Å². The van der Waals surface area contributed by atoms with E-state index in [9.17, 15) is 4.79 Å². The molecule has 1 fully saturated rings. The Labute approximate surface area is 138 Å². The maximum atomic E-state index is 12.4. The Morgan fingerprint density at radius 2 is 1.83 bits per heavy atom. The fraction of sp³-hybridized carbons (Fsp3) is 0.350. The molecule has 0 aromatic heterocycles. The average molecular weight is 308 g/mol. The summed E-state index contributed by atoms with van der Waals surface area (Å²) in [5, 5.41) is 3.04. The van der Waals surface area contributed by atoms with Crippen molar-refractivity contribution in [2.75, 3.05) is 18.4 Å². The van der Waals surface area contributed by atoms with Gasteiger partial charge in [0.15, 0.2) is 0 Å². The molecule has 1 unspecified atom stereocenters. The van der Waals surface area contributed by atoms with Crippen molar-refractivity contribution in [3.8, 4) is 0 Å². The molecule has 3 nitrogen and oxygen atoms in total. The second kappa shape index (κ2) is 6.97. The number of nitrogens with one attached hydrogen (secondary N) is 1. The normalized spacial score (nSPS) is 18.1. The van der Waals surface area contributed by atoms with Crippen LogP contribution in [0, 0.1) is 13.8 Å². The summed E-state index contributed by atoms with van der Waals surface area (Å²) in [7, 11) is 0. The summed E-state index contributed by atoms with van der Waals surface area (Å²) < 4.78 is 0. The number of likely N-dealkylation sites (tertiary alicyclic amines) is 1. The van der Waals surface area contributed by atoms with E-state index in [0.29, 0.717) is 12.6 Å². The van der Waals surface area contributed by atoms with Gasteiger partial charge < -0.3 is 5.32 Å². The molecule has 0 aliphatic carbocycles. The fourth-order valence-electron chi connectivity index (χ4n) is 3.50. The van der Waals surface area contributed by atoms with Crippen LogP contribution >= 0.6 is 0 Å². The predicted octanol–water partition coefficient (Wildman–Crippen LogP) is 4.08. The summed E-state index contributed by atoms with van der Waals surface area (Å²) >= 11 is 0. The van der Waals surface area contributed by atoms with Crippen LogP contribution in [0.25, 0.3) is 0 Å². The molecule has 1 aliphatic heterocycles. The first-order valence-electron chi connectivity index (χ1n) is 8.29. The summed E-state index contributed by atoms with van der Waals surface area (Å²) in [5.41, 5.74) is 4.54. The van der Waals surface area contributed by atoms with Crippen molar-refractivity contribution < 1.29 is 4.79 Å². The van der Waals surface area contributed by atoms with Crippen molar-refractivity contribution in [1.82, 2.24) is 4.90 Å². The van der Waals surface area contributed by atoms with Gasteiger partial charge in [-0.3, -0.25) is 9.69 Å². The topological polar surface area (TPSA) is 32.3 Å². The molecule has 1 aliphatic rings. The summed E-state index contributed by atoms with van der Waals surface area (Å²) in [6, 6.07) is 17.0. The van der Waals surface area contributed by atoms with Gasteiger partial charge >= 0.3 is 0 Å². The lowest BCUT2D eigenvalue weighted by Gasteiger charge is -2.24. The van der Waals surface area contributed by atoms with Gasteiger partial charge in [0.1, 0.15) is 0 Å². The van der Waals surface area contributed by atoms with Crippen molar-refractivity contribution in [2.24, 2.45) is 0 Å². The largest absolute Gasteiger partial charge is 0.325 e. The van der Waals surface area contributed by atoms with E-state index in [1.165, 1.54) is 16.7 Å². The smallest absolute Gasteiger partial charge is 0.238 e. The summed E-state index contributed by atoms with van der Waals surface area (Å²) in [6.07, 6.45) is 2.28. The van der Waals surface area contributed by atoms with Crippen LogP contribution < -0.4 is 5.32 Å². The van der Waals surface area contributed by atoms with Crippen LogP contribution in [0.3, 0.4) is 0 Å². The number of carbonyl (C=O) groups excluding carboxylic acids is 1. The molecule has 1 amide bonds. The maximum Gasteiger partial charge on any atom is 0.238 e.